The van der Waals surface area contributed by atoms with Gasteiger partial charge in [-0.2, -0.15) is 4.31 Å². The van der Waals surface area contributed by atoms with E-state index in [-0.39, 0.29) is 24.5 Å². The van der Waals surface area contributed by atoms with E-state index in [4.69, 9.17) is 5.73 Å². The van der Waals surface area contributed by atoms with E-state index in [2.05, 4.69) is 13.8 Å². The highest BCUT2D eigenvalue weighted by molar-refractivity contribution is 7.89. The van der Waals surface area contributed by atoms with Gasteiger partial charge in [0, 0.05) is 19.6 Å². The minimum absolute atomic E-state index is 0.0433. The molecule has 3 rings (SSSR count). The second kappa shape index (κ2) is 13.7. The number of nitrogens with two attached hydrogens (primary N) is 1. The fourth-order valence-corrected chi connectivity index (χ4v) is 4.43. The summed E-state index contributed by atoms with van der Waals surface area (Å²) in [5, 5.41) is 0. The lowest BCUT2D eigenvalue weighted by atomic mass is 9.98. The maximum atomic E-state index is 13.2. The predicted octanol–water partition coefficient (Wildman–Crippen LogP) is 5.71. The van der Waals surface area contributed by atoms with Gasteiger partial charge in [0.25, 0.3) is 0 Å². The van der Waals surface area contributed by atoms with Crippen LogP contribution in [0, 0.1) is 5.82 Å². The molecule has 0 spiro atoms. The minimum atomic E-state index is -3.80. The number of halogens is 1. The molecule has 0 aliphatic heterocycles. The van der Waals surface area contributed by atoms with E-state index in [0.29, 0.717) is 0 Å². The van der Waals surface area contributed by atoms with E-state index >= 15 is 0 Å². The summed E-state index contributed by atoms with van der Waals surface area (Å²) in [4.78, 5) is 0.0433. The minimum Gasteiger partial charge on any atom is -0.329 e. The van der Waals surface area contributed by atoms with Crippen LogP contribution < -0.4 is 5.73 Å². The van der Waals surface area contributed by atoms with E-state index in [0.717, 1.165) is 28.8 Å². The summed E-state index contributed by atoms with van der Waals surface area (Å²) in [7, 11) is -3.80. The molecule has 0 aromatic heterocycles. The van der Waals surface area contributed by atoms with Gasteiger partial charge in [0.15, 0.2) is 0 Å². The van der Waals surface area contributed by atoms with E-state index in [1.807, 2.05) is 66.7 Å². The van der Waals surface area contributed by atoms with Gasteiger partial charge in [-0.25, -0.2) is 12.8 Å². The molecule has 0 bridgehead atoms. The fourth-order valence-electron chi connectivity index (χ4n) is 3.04. The van der Waals surface area contributed by atoms with Crippen molar-refractivity contribution in [3.05, 3.63) is 108 Å². The SMILES string of the molecule is CCCC.NCCN(CC=C(c1ccccc1)c1ccccc1)S(=O)(=O)c1ccc(F)cc1. The van der Waals surface area contributed by atoms with Crippen molar-refractivity contribution in [1.29, 1.82) is 0 Å². The molecule has 0 radical (unpaired) electrons. The third-order valence-corrected chi connectivity index (χ3v) is 6.88. The molecule has 3 aromatic carbocycles. The summed E-state index contributed by atoms with van der Waals surface area (Å²) in [6.45, 7) is 4.85. The van der Waals surface area contributed by atoms with Crippen LogP contribution in [0.5, 0.6) is 0 Å². The predicted molar refractivity (Wildman–Crippen MR) is 135 cm³/mol. The van der Waals surface area contributed by atoms with E-state index in [1.165, 1.54) is 29.3 Å². The largest absolute Gasteiger partial charge is 0.329 e. The van der Waals surface area contributed by atoms with Gasteiger partial charge in [-0.15, -0.1) is 0 Å². The number of rotatable bonds is 9. The first kappa shape index (κ1) is 26.5. The fraction of sp³-hybridized carbons (Fsp3) is 0.259. The number of nitrogens with zero attached hydrogens (tertiary/aromatic N) is 1. The first-order valence-corrected chi connectivity index (χ1v) is 12.6. The van der Waals surface area contributed by atoms with Gasteiger partial charge in [0.1, 0.15) is 5.82 Å². The van der Waals surface area contributed by atoms with Crippen molar-refractivity contribution in [3.8, 4) is 0 Å². The van der Waals surface area contributed by atoms with Crippen molar-refractivity contribution in [2.45, 2.75) is 31.6 Å². The Morgan fingerprint density at radius 3 is 1.76 bits per heavy atom. The van der Waals surface area contributed by atoms with Crippen molar-refractivity contribution < 1.29 is 12.8 Å². The van der Waals surface area contributed by atoms with Gasteiger partial charge in [-0.3, -0.25) is 0 Å². The van der Waals surface area contributed by atoms with E-state index in [1.54, 1.807) is 0 Å². The summed E-state index contributed by atoms with van der Waals surface area (Å²) >= 11 is 0. The Morgan fingerprint density at radius 1 is 0.848 bits per heavy atom. The van der Waals surface area contributed by atoms with Gasteiger partial charge >= 0.3 is 0 Å². The highest BCUT2D eigenvalue weighted by atomic mass is 32.2. The van der Waals surface area contributed by atoms with Crippen LogP contribution in [-0.2, 0) is 10.0 Å². The number of hydrogen-bond acceptors (Lipinski definition) is 3. The van der Waals surface area contributed by atoms with Crippen molar-refractivity contribution in [1.82, 2.24) is 4.31 Å². The molecule has 0 atom stereocenters. The standard InChI is InChI=1S/C23H23FN2O2S.C4H10/c24-21-11-13-22(14-12-21)29(27,28)26(18-16-25)17-15-23(19-7-3-1-4-8-19)20-9-5-2-6-10-20;1-3-4-2/h1-15H,16-18,25H2;3-4H2,1-2H3. The Balaban J connectivity index is 0.000000890. The van der Waals surface area contributed by atoms with Crippen LogP contribution in [0.1, 0.15) is 37.8 Å². The smallest absolute Gasteiger partial charge is 0.243 e. The monoisotopic (exact) mass is 468 g/mol. The Bertz CT molecular complexity index is 1040. The number of sulfonamides is 1. The molecular weight excluding hydrogens is 435 g/mol. The molecule has 0 saturated carbocycles. The molecule has 0 fully saturated rings. The molecule has 2 N–H and O–H groups in total. The molecule has 0 aliphatic carbocycles. The summed E-state index contributed by atoms with van der Waals surface area (Å²) in [6.07, 6.45) is 4.53. The van der Waals surface area contributed by atoms with Crippen molar-refractivity contribution in [2.24, 2.45) is 5.73 Å². The highest BCUT2D eigenvalue weighted by Gasteiger charge is 2.23. The lowest BCUT2D eigenvalue weighted by Crippen LogP contribution is -2.35. The van der Waals surface area contributed by atoms with Crippen LogP contribution in [0.3, 0.4) is 0 Å². The lowest BCUT2D eigenvalue weighted by Gasteiger charge is -2.21. The third-order valence-electron chi connectivity index (χ3n) is 5.00. The van der Waals surface area contributed by atoms with Crippen LogP contribution in [0.15, 0.2) is 95.9 Å². The third kappa shape index (κ3) is 7.93. The molecule has 4 nitrogen and oxygen atoms in total. The highest BCUT2D eigenvalue weighted by Crippen LogP contribution is 2.24. The molecule has 0 amide bonds. The zero-order chi connectivity index (χ0) is 24.1. The molecule has 0 saturated heterocycles. The first-order valence-electron chi connectivity index (χ1n) is 11.2. The maximum Gasteiger partial charge on any atom is 0.243 e. The topological polar surface area (TPSA) is 63.4 Å². The Kier molecular flexibility index (Phi) is 11.0. The molecular formula is C27H33FN2O2S. The van der Waals surface area contributed by atoms with Gasteiger partial charge in [0.2, 0.25) is 10.0 Å². The Labute approximate surface area is 197 Å². The molecule has 3 aromatic rings. The quantitative estimate of drug-likeness (QED) is 0.437. The molecule has 0 heterocycles. The van der Waals surface area contributed by atoms with Crippen molar-refractivity contribution in [3.63, 3.8) is 0 Å². The van der Waals surface area contributed by atoms with Gasteiger partial charge in [-0.05, 0) is 41.0 Å². The number of benzene rings is 3. The first-order chi connectivity index (χ1) is 15.9. The van der Waals surface area contributed by atoms with Crippen LogP contribution in [0.4, 0.5) is 4.39 Å². The van der Waals surface area contributed by atoms with Crippen molar-refractivity contribution in [2.75, 3.05) is 19.6 Å². The second-order valence-electron chi connectivity index (χ2n) is 7.46. The van der Waals surface area contributed by atoms with Crippen LogP contribution in [0.25, 0.3) is 5.57 Å². The zero-order valence-electron chi connectivity index (χ0n) is 19.3. The summed E-state index contributed by atoms with van der Waals surface area (Å²) in [5.41, 5.74) is 8.59. The Morgan fingerprint density at radius 2 is 1.33 bits per heavy atom. The molecule has 0 aliphatic rings. The van der Waals surface area contributed by atoms with Gasteiger partial charge < -0.3 is 5.73 Å². The van der Waals surface area contributed by atoms with Gasteiger partial charge in [0.05, 0.1) is 4.90 Å². The lowest BCUT2D eigenvalue weighted by molar-refractivity contribution is 0.450. The average molecular weight is 469 g/mol. The summed E-state index contributed by atoms with van der Waals surface area (Å²) < 4.78 is 40.6. The molecule has 33 heavy (non-hydrogen) atoms. The van der Waals surface area contributed by atoms with E-state index < -0.39 is 15.8 Å². The normalized spacial score (nSPS) is 10.9. The molecule has 176 valence electrons. The van der Waals surface area contributed by atoms with Crippen molar-refractivity contribution >= 4 is 15.6 Å². The molecule has 6 heteroatoms. The van der Waals surface area contributed by atoms with E-state index in [9.17, 15) is 12.8 Å². The Hall–Kier alpha value is -2.80. The van der Waals surface area contributed by atoms with Crippen LogP contribution in [0.2, 0.25) is 0 Å². The summed E-state index contributed by atoms with van der Waals surface area (Å²) in [6, 6.07) is 24.4. The maximum absolute atomic E-state index is 13.2. The average Bonchev–Trinajstić information content (AvgIpc) is 2.85. The summed E-state index contributed by atoms with van der Waals surface area (Å²) in [5.74, 6) is -0.482. The zero-order valence-corrected chi connectivity index (χ0v) is 20.1. The van der Waals surface area contributed by atoms with Crippen LogP contribution in [-0.4, -0.2) is 32.4 Å². The number of hydrogen-bond donors (Lipinski definition) is 1. The molecule has 0 unspecified atom stereocenters. The van der Waals surface area contributed by atoms with Crippen LogP contribution >= 0.6 is 0 Å². The second-order valence-corrected chi connectivity index (χ2v) is 9.39. The van der Waals surface area contributed by atoms with Gasteiger partial charge in [-0.1, -0.05) is 93.4 Å². The number of unbranched alkanes of at least 4 members (excludes halogenated alkanes) is 1.